The van der Waals surface area contributed by atoms with Crippen molar-refractivity contribution in [1.82, 2.24) is 19.5 Å². The Morgan fingerprint density at radius 2 is 1.02 bits per heavy atom. The average Bonchev–Trinajstić information content (AvgIpc) is 3.96. The number of rotatable bonds is 5. The van der Waals surface area contributed by atoms with Crippen molar-refractivity contribution in [2.75, 3.05) is 0 Å². The molecule has 0 spiro atoms. The summed E-state index contributed by atoms with van der Waals surface area (Å²) in [7, 11) is 0. The van der Waals surface area contributed by atoms with Crippen molar-refractivity contribution < 1.29 is 4.42 Å². The highest BCUT2D eigenvalue weighted by atomic mass is 32.1. The zero-order chi connectivity index (χ0) is 37.5. The fourth-order valence-corrected chi connectivity index (χ4v) is 9.68. The standard InChI is InChI=1S/C51H30N4OS/c1-4-14-31(15-5-1)34-28-41(51-53-49(32-16-6-2-7-17-32)52-50(54-51)33-18-8-3-9-19-33)46-40-25-24-35(30-43(40)56-44(46)29-34)55-42-22-12-10-20-36(42)38-26-27-39-37-21-11-13-23-45(37)57-48(39)47(38)55/h1-30H. The molecule has 8 aromatic carbocycles. The van der Waals surface area contributed by atoms with Crippen molar-refractivity contribution in [3.63, 3.8) is 0 Å². The number of fused-ring (bicyclic) bond motifs is 10. The van der Waals surface area contributed by atoms with Gasteiger partial charge in [0, 0.05) is 65.5 Å². The van der Waals surface area contributed by atoms with E-state index in [1.54, 1.807) is 0 Å². The largest absolute Gasteiger partial charge is 0.456 e. The molecule has 0 aliphatic heterocycles. The number of furan rings is 1. The van der Waals surface area contributed by atoms with Gasteiger partial charge in [-0.1, -0.05) is 140 Å². The lowest BCUT2D eigenvalue weighted by molar-refractivity contribution is 0.669. The van der Waals surface area contributed by atoms with Crippen LogP contribution in [0.1, 0.15) is 0 Å². The molecule has 12 aromatic rings. The summed E-state index contributed by atoms with van der Waals surface area (Å²) < 4.78 is 11.9. The van der Waals surface area contributed by atoms with Crippen molar-refractivity contribution in [2.24, 2.45) is 0 Å². The van der Waals surface area contributed by atoms with Crippen LogP contribution in [0.5, 0.6) is 0 Å². The van der Waals surface area contributed by atoms with Crippen LogP contribution >= 0.6 is 11.3 Å². The van der Waals surface area contributed by atoms with Crippen LogP contribution < -0.4 is 0 Å². The lowest BCUT2D eigenvalue weighted by Gasteiger charge is -2.11. The van der Waals surface area contributed by atoms with E-state index in [1.807, 2.05) is 78.1 Å². The lowest BCUT2D eigenvalue weighted by Crippen LogP contribution is -2.00. The van der Waals surface area contributed by atoms with Crippen molar-refractivity contribution in [2.45, 2.75) is 0 Å². The zero-order valence-electron chi connectivity index (χ0n) is 30.4. The number of nitrogens with zero attached hydrogens (tertiary/aromatic N) is 4. The normalized spacial score (nSPS) is 11.9. The van der Waals surface area contributed by atoms with E-state index in [-0.39, 0.29) is 0 Å². The molecule has 0 saturated carbocycles. The monoisotopic (exact) mass is 746 g/mol. The van der Waals surface area contributed by atoms with E-state index >= 15 is 0 Å². The van der Waals surface area contributed by atoms with Gasteiger partial charge in [0.1, 0.15) is 11.2 Å². The molecule has 0 radical (unpaired) electrons. The molecule has 0 bridgehead atoms. The molecule has 266 valence electrons. The van der Waals surface area contributed by atoms with Crippen LogP contribution in [-0.2, 0) is 0 Å². The summed E-state index contributed by atoms with van der Waals surface area (Å²) in [5, 5.41) is 6.99. The molecule has 0 aliphatic rings. The number of hydrogen-bond donors (Lipinski definition) is 0. The summed E-state index contributed by atoms with van der Waals surface area (Å²) >= 11 is 1.86. The number of hydrogen-bond acceptors (Lipinski definition) is 5. The molecule has 4 aromatic heterocycles. The van der Waals surface area contributed by atoms with Crippen LogP contribution in [0.4, 0.5) is 0 Å². The molecule has 57 heavy (non-hydrogen) atoms. The van der Waals surface area contributed by atoms with Crippen LogP contribution in [0.15, 0.2) is 186 Å². The van der Waals surface area contributed by atoms with Crippen molar-refractivity contribution in [3.05, 3.63) is 182 Å². The fraction of sp³-hybridized carbons (Fsp3) is 0. The molecule has 6 heteroatoms. The van der Waals surface area contributed by atoms with Crippen LogP contribution in [0, 0.1) is 0 Å². The Kier molecular flexibility index (Phi) is 7.03. The summed E-state index contributed by atoms with van der Waals surface area (Å²) in [6.07, 6.45) is 0. The summed E-state index contributed by atoms with van der Waals surface area (Å²) in [5.74, 6) is 1.82. The summed E-state index contributed by atoms with van der Waals surface area (Å²) in [6, 6.07) is 63.6. The Bertz CT molecular complexity index is 3460. The Labute approximate surface area is 330 Å². The minimum atomic E-state index is 0.590. The van der Waals surface area contributed by atoms with E-state index < -0.39 is 0 Å². The second-order valence-electron chi connectivity index (χ2n) is 14.4. The molecule has 0 aliphatic carbocycles. The molecular weight excluding hydrogens is 717 g/mol. The maximum absolute atomic E-state index is 6.92. The van der Waals surface area contributed by atoms with Gasteiger partial charge in [0.25, 0.3) is 0 Å². The first-order valence-electron chi connectivity index (χ1n) is 19.0. The number of aromatic nitrogens is 4. The van der Waals surface area contributed by atoms with Crippen LogP contribution in [0.2, 0.25) is 0 Å². The molecular formula is C51H30N4OS. The molecule has 0 N–H and O–H groups in total. The summed E-state index contributed by atoms with van der Waals surface area (Å²) in [6.45, 7) is 0. The van der Waals surface area contributed by atoms with Crippen molar-refractivity contribution in [1.29, 1.82) is 0 Å². The Morgan fingerprint density at radius 3 is 1.75 bits per heavy atom. The number of benzene rings is 8. The predicted molar refractivity (Wildman–Crippen MR) is 236 cm³/mol. The molecule has 0 saturated heterocycles. The van der Waals surface area contributed by atoms with Crippen LogP contribution in [0.25, 0.3) is 115 Å². The maximum atomic E-state index is 6.92. The first-order chi connectivity index (χ1) is 28.2. The van der Waals surface area contributed by atoms with E-state index in [4.69, 9.17) is 19.4 Å². The third-order valence-electron chi connectivity index (χ3n) is 11.0. The molecule has 4 heterocycles. The highest BCUT2D eigenvalue weighted by molar-refractivity contribution is 7.26. The van der Waals surface area contributed by atoms with E-state index in [0.29, 0.717) is 17.5 Å². The zero-order valence-corrected chi connectivity index (χ0v) is 31.2. The number of thiophene rings is 1. The summed E-state index contributed by atoms with van der Waals surface area (Å²) in [5.41, 5.74) is 9.83. The molecule has 5 nitrogen and oxygen atoms in total. The first kappa shape index (κ1) is 31.9. The van der Waals surface area contributed by atoms with Gasteiger partial charge in [-0.25, -0.2) is 15.0 Å². The number of para-hydroxylation sites is 1. The predicted octanol–water partition coefficient (Wildman–Crippen LogP) is 13.9. The minimum Gasteiger partial charge on any atom is -0.456 e. The van der Waals surface area contributed by atoms with Gasteiger partial charge in [-0.2, -0.15) is 0 Å². The highest BCUT2D eigenvalue weighted by Crippen LogP contribution is 2.45. The molecule has 0 amide bonds. The topological polar surface area (TPSA) is 56.7 Å². The average molecular weight is 747 g/mol. The van der Waals surface area contributed by atoms with Gasteiger partial charge in [-0.3, -0.25) is 0 Å². The summed E-state index contributed by atoms with van der Waals surface area (Å²) in [4.78, 5) is 15.3. The van der Waals surface area contributed by atoms with E-state index in [1.165, 1.54) is 36.5 Å². The molecule has 0 atom stereocenters. The quantitative estimate of drug-likeness (QED) is 0.176. The third kappa shape index (κ3) is 5.04. The Balaban J connectivity index is 1.13. The Morgan fingerprint density at radius 1 is 0.421 bits per heavy atom. The van der Waals surface area contributed by atoms with Crippen molar-refractivity contribution >= 4 is 75.3 Å². The fourth-order valence-electron chi connectivity index (χ4n) is 8.44. The van der Waals surface area contributed by atoms with Crippen LogP contribution in [0.3, 0.4) is 0 Å². The first-order valence-corrected chi connectivity index (χ1v) is 19.8. The van der Waals surface area contributed by atoms with Gasteiger partial charge in [0.15, 0.2) is 17.5 Å². The van der Waals surface area contributed by atoms with E-state index in [2.05, 4.69) is 120 Å². The van der Waals surface area contributed by atoms with Crippen LogP contribution in [-0.4, -0.2) is 19.5 Å². The van der Waals surface area contributed by atoms with Crippen molar-refractivity contribution in [3.8, 4) is 51.0 Å². The molecule has 0 unspecified atom stereocenters. The van der Waals surface area contributed by atoms with Gasteiger partial charge in [0.2, 0.25) is 0 Å². The van der Waals surface area contributed by atoms with Gasteiger partial charge < -0.3 is 8.98 Å². The molecule has 12 rings (SSSR count). The second kappa shape index (κ2) is 12.6. The van der Waals surface area contributed by atoms with Gasteiger partial charge in [0.05, 0.1) is 15.7 Å². The second-order valence-corrected chi connectivity index (χ2v) is 15.4. The SMILES string of the molecule is c1ccc(-c2cc(-c3nc(-c4ccccc4)nc(-c4ccccc4)n3)c3c(c2)oc2cc(-n4c5ccccc5c5ccc6c7ccccc7sc6c54)ccc23)cc1. The Hall–Kier alpha value is -7.41. The van der Waals surface area contributed by atoms with Gasteiger partial charge >= 0.3 is 0 Å². The highest BCUT2D eigenvalue weighted by Gasteiger charge is 2.22. The minimum absolute atomic E-state index is 0.590. The lowest BCUT2D eigenvalue weighted by atomic mass is 9.98. The van der Waals surface area contributed by atoms with E-state index in [9.17, 15) is 0 Å². The van der Waals surface area contributed by atoms with Gasteiger partial charge in [-0.15, -0.1) is 11.3 Å². The maximum Gasteiger partial charge on any atom is 0.164 e. The third-order valence-corrected chi connectivity index (χ3v) is 12.2. The molecule has 0 fully saturated rings. The van der Waals surface area contributed by atoms with E-state index in [0.717, 1.165) is 61.0 Å². The van der Waals surface area contributed by atoms with Gasteiger partial charge in [-0.05, 0) is 47.5 Å². The smallest absolute Gasteiger partial charge is 0.164 e.